The molecule has 1 fully saturated rings. The molecule has 1 aliphatic rings. The molecule has 4 nitrogen and oxygen atoms in total. The van der Waals surface area contributed by atoms with Gasteiger partial charge >= 0.3 is 0 Å². The van der Waals surface area contributed by atoms with E-state index in [1.165, 1.54) is 12.3 Å². The van der Waals surface area contributed by atoms with Crippen LogP contribution in [0, 0.1) is 5.82 Å². The second kappa shape index (κ2) is 5.73. The minimum absolute atomic E-state index is 0.160. The molecule has 18 heavy (non-hydrogen) atoms. The Morgan fingerprint density at radius 3 is 2.94 bits per heavy atom. The van der Waals surface area contributed by atoms with Crippen LogP contribution in [-0.4, -0.2) is 54.6 Å². The lowest BCUT2D eigenvalue weighted by molar-refractivity contribution is 0.104. The summed E-state index contributed by atoms with van der Waals surface area (Å²) in [6, 6.07) is 1.73. The largest absolute Gasteiger partial charge is 0.324 e. The highest BCUT2D eigenvalue weighted by atomic mass is 19.1. The Labute approximate surface area is 108 Å². The van der Waals surface area contributed by atoms with Gasteiger partial charge in [0.1, 0.15) is 5.82 Å². The fourth-order valence-electron chi connectivity index (χ4n) is 2.42. The third-order valence-corrected chi connectivity index (χ3v) is 3.66. The van der Waals surface area contributed by atoms with Crippen molar-refractivity contribution in [2.45, 2.75) is 18.5 Å². The van der Waals surface area contributed by atoms with E-state index in [2.05, 4.69) is 28.9 Å². The number of halogens is 1. The van der Waals surface area contributed by atoms with Gasteiger partial charge < -0.3 is 15.5 Å². The van der Waals surface area contributed by atoms with Crippen molar-refractivity contribution >= 4 is 0 Å². The predicted octanol–water partition coefficient (Wildman–Crippen LogP) is 0.856. The SMILES string of the molecule is CN1CCN(C)C(CC(N)c2cncc(F)c2)C1. The molecule has 100 valence electrons. The van der Waals surface area contributed by atoms with Gasteiger partial charge in [-0.05, 0) is 32.1 Å². The molecule has 2 rings (SSSR count). The summed E-state index contributed by atoms with van der Waals surface area (Å²) in [7, 11) is 4.24. The van der Waals surface area contributed by atoms with Crippen LogP contribution in [0.15, 0.2) is 18.5 Å². The van der Waals surface area contributed by atoms with Crippen molar-refractivity contribution in [3.8, 4) is 0 Å². The Bertz CT molecular complexity index is 398. The lowest BCUT2D eigenvalue weighted by atomic mass is 9.99. The lowest BCUT2D eigenvalue weighted by Crippen LogP contribution is -2.50. The van der Waals surface area contributed by atoms with Crippen molar-refractivity contribution in [1.29, 1.82) is 0 Å². The number of nitrogens with two attached hydrogens (primary N) is 1. The quantitative estimate of drug-likeness (QED) is 0.866. The molecule has 0 bridgehead atoms. The molecule has 2 unspecified atom stereocenters. The molecule has 0 spiro atoms. The van der Waals surface area contributed by atoms with E-state index < -0.39 is 0 Å². The Balaban J connectivity index is 2.00. The Hall–Kier alpha value is -1.04. The average Bonchev–Trinajstić information content (AvgIpc) is 2.34. The van der Waals surface area contributed by atoms with Crippen molar-refractivity contribution in [3.63, 3.8) is 0 Å². The van der Waals surface area contributed by atoms with E-state index in [1.54, 1.807) is 6.20 Å². The molecule has 5 heteroatoms. The summed E-state index contributed by atoms with van der Waals surface area (Å²) in [5.41, 5.74) is 6.93. The maximum absolute atomic E-state index is 13.1. The van der Waals surface area contributed by atoms with Gasteiger partial charge in [0, 0.05) is 37.9 Å². The van der Waals surface area contributed by atoms with Crippen LogP contribution in [0.25, 0.3) is 0 Å². The molecule has 2 N–H and O–H groups in total. The van der Waals surface area contributed by atoms with Crippen LogP contribution in [0.3, 0.4) is 0 Å². The molecule has 1 saturated heterocycles. The van der Waals surface area contributed by atoms with E-state index in [9.17, 15) is 4.39 Å². The summed E-state index contributed by atoms with van der Waals surface area (Å²) < 4.78 is 13.1. The first-order valence-corrected chi connectivity index (χ1v) is 6.31. The normalized spacial score (nSPS) is 24.1. The highest BCUT2D eigenvalue weighted by molar-refractivity contribution is 5.15. The van der Waals surface area contributed by atoms with Gasteiger partial charge in [0.15, 0.2) is 0 Å². The summed E-state index contributed by atoms with van der Waals surface area (Å²) in [4.78, 5) is 8.49. The number of pyridine rings is 1. The summed E-state index contributed by atoms with van der Waals surface area (Å²) in [6.45, 7) is 3.14. The smallest absolute Gasteiger partial charge is 0.141 e. The summed E-state index contributed by atoms with van der Waals surface area (Å²) >= 11 is 0. The topological polar surface area (TPSA) is 45.4 Å². The molecule has 1 aliphatic heterocycles. The maximum Gasteiger partial charge on any atom is 0.141 e. The molecule has 0 saturated carbocycles. The minimum Gasteiger partial charge on any atom is -0.324 e. The van der Waals surface area contributed by atoms with Crippen molar-refractivity contribution in [2.75, 3.05) is 33.7 Å². The number of rotatable bonds is 3. The van der Waals surface area contributed by atoms with E-state index in [0.717, 1.165) is 31.6 Å². The predicted molar refractivity (Wildman–Crippen MR) is 69.7 cm³/mol. The van der Waals surface area contributed by atoms with Gasteiger partial charge in [0.05, 0.1) is 6.20 Å². The van der Waals surface area contributed by atoms with Gasteiger partial charge in [-0.2, -0.15) is 0 Å². The van der Waals surface area contributed by atoms with Crippen molar-refractivity contribution in [3.05, 3.63) is 29.8 Å². The summed E-state index contributed by atoms with van der Waals surface area (Å²) in [6.07, 6.45) is 3.68. The van der Waals surface area contributed by atoms with E-state index in [4.69, 9.17) is 5.73 Å². The van der Waals surface area contributed by atoms with E-state index in [-0.39, 0.29) is 11.9 Å². The zero-order valence-electron chi connectivity index (χ0n) is 11.0. The van der Waals surface area contributed by atoms with E-state index in [1.807, 2.05) is 0 Å². The Morgan fingerprint density at radius 1 is 1.44 bits per heavy atom. The average molecular weight is 252 g/mol. The van der Waals surface area contributed by atoms with Gasteiger partial charge in [0.25, 0.3) is 0 Å². The monoisotopic (exact) mass is 252 g/mol. The fraction of sp³-hybridized carbons (Fsp3) is 0.615. The molecular formula is C13H21FN4. The highest BCUT2D eigenvalue weighted by Gasteiger charge is 2.24. The Kier molecular flexibility index (Phi) is 4.27. The fourth-order valence-corrected chi connectivity index (χ4v) is 2.42. The van der Waals surface area contributed by atoms with Gasteiger partial charge in [-0.25, -0.2) is 4.39 Å². The highest BCUT2D eigenvalue weighted by Crippen LogP contribution is 2.20. The molecule has 0 radical (unpaired) electrons. The molecule has 1 aromatic heterocycles. The molecule has 2 atom stereocenters. The molecular weight excluding hydrogens is 231 g/mol. The lowest BCUT2D eigenvalue weighted by Gasteiger charge is -2.38. The maximum atomic E-state index is 13.1. The first kappa shape index (κ1) is 13.4. The second-order valence-electron chi connectivity index (χ2n) is 5.18. The number of likely N-dealkylation sites (N-methyl/N-ethyl adjacent to an activating group) is 2. The molecule has 1 aromatic rings. The van der Waals surface area contributed by atoms with Crippen LogP contribution < -0.4 is 5.73 Å². The van der Waals surface area contributed by atoms with Crippen molar-refractivity contribution in [1.82, 2.24) is 14.8 Å². The molecule has 0 amide bonds. The Morgan fingerprint density at radius 2 is 2.22 bits per heavy atom. The second-order valence-corrected chi connectivity index (χ2v) is 5.18. The molecule has 2 heterocycles. The number of nitrogens with zero attached hydrogens (tertiary/aromatic N) is 3. The standard InChI is InChI=1S/C13H21FN4/c1-17-3-4-18(2)12(9-17)6-13(15)10-5-11(14)8-16-7-10/h5,7-8,12-13H,3-4,6,9,15H2,1-2H3. The van der Waals surface area contributed by atoms with Crippen LogP contribution in [0.4, 0.5) is 4.39 Å². The summed E-state index contributed by atoms with van der Waals surface area (Å²) in [5.74, 6) is -0.322. The van der Waals surface area contributed by atoms with Gasteiger partial charge in [0.2, 0.25) is 0 Å². The minimum atomic E-state index is -0.322. The van der Waals surface area contributed by atoms with E-state index in [0.29, 0.717) is 6.04 Å². The number of aromatic nitrogens is 1. The van der Waals surface area contributed by atoms with E-state index >= 15 is 0 Å². The molecule has 0 aromatic carbocycles. The molecule has 0 aliphatic carbocycles. The number of piperazine rings is 1. The zero-order valence-corrected chi connectivity index (χ0v) is 11.0. The van der Waals surface area contributed by atoms with Crippen LogP contribution in [0.2, 0.25) is 0 Å². The van der Waals surface area contributed by atoms with Crippen molar-refractivity contribution < 1.29 is 4.39 Å². The van der Waals surface area contributed by atoms with Gasteiger partial charge in [-0.3, -0.25) is 4.98 Å². The van der Waals surface area contributed by atoms with Crippen LogP contribution in [0.5, 0.6) is 0 Å². The van der Waals surface area contributed by atoms with Crippen LogP contribution >= 0.6 is 0 Å². The third-order valence-electron chi connectivity index (χ3n) is 3.66. The number of hydrogen-bond donors (Lipinski definition) is 1. The zero-order chi connectivity index (χ0) is 13.1. The first-order chi connectivity index (χ1) is 8.56. The van der Waals surface area contributed by atoms with Crippen LogP contribution in [-0.2, 0) is 0 Å². The van der Waals surface area contributed by atoms with Gasteiger partial charge in [-0.1, -0.05) is 0 Å². The first-order valence-electron chi connectivity index (χ1n) is 6.31. The van der Waals surface area contributed by atoms with Crippen LogP contribution in [0.1, 0.15) is 18.0 Å². The summed E-state index contributed by atoms with van der Waals surface area (Å²) in [5, 5.41) is 0. The number of hydrogen-bond acceptors (Lipinski definition) is 4. The third kappa shape index (κ3) is 3.25. The van der Waals surface area contributed by atoms with Crippen molar-refractivity contribution in [2.24, 2.45) is 5.73 Å². The van der Waals surface area contributed by atoms with Gasteiger partial charge in [-0.15, -0.1) is 0 Å².